The molecule has 1 aromatic carbocycles. The van der Waals surface area contributed by atoms with Gasteiger partial charge in [0, 0.05) is 23.5 Å². The van der Waals surface area contributed by atoms with Crippen molar-refractivity contribution < 1.29 is 9.18 Å². The van der Waals surface area contributed by atoms with E-state index in [4.69, 9.17) is 23.2 Å². The molecule has 0 aromatic heterocycles. The highest BCUT2D eigenvalue weighted by Crippen LogP contribution is 2.25. The molecule has 116 valence electrons. The zero-order valence-electron chi connectivity index (χ0n) is 12.1. The number of carbonyl (C=O) groups is 1. The van der Waals surface area contributed by atoms with Crippen LogP contribution in [0.5, 0.6) is 0 Å². The molecule has 1 atom stereocenters. The summed E-state index contributed by atoms with van der Waals surface area (Å²) in [5.74, 6) is -0.0995. The van der Waals surface area contributed by atoms with Gasteiger partial charge in [-0.1, -0.05) is 11.6 Å². The molecule has 0 radical (unpaired) electrons. The van der Waals surface area contributed by atoms with Crippen LogP contribution in [0.4, 0.5) is 4.39 Å². The number of piperazine rings is 1. The third-order valence-corrected chi connectivity index (χ3v) is 4.39. The molecule has 0 bridgehead atoms. The van der Waals surface area contributed by atoms with E-state index in [2.05, 4.69) is 10.6 Å². The molecule has 3 nitrogen and oxygen atoms in total. The van der Waals surface area contributed by atoms with Gasteiger partial charge in [-0.3, -0.25) is 10.1 Å². The Labute approximate surface area is 134 Å². The second kappa shape index (κ2) is 6.51. The van der Waals surface area contributed by atoms with Crippen LogP contribution in [0, 0.1) is 5.82 Å². The van der Waals surface area contributed by atoms with E-state index >= 15 is 0 Å². The van der Waals surface area contributed by atoms with Gasteiger partial charge in [0.25, 0.3) is 0 Å². The molecule has 1 aliphatic rings. The summed E-state index contributed by atoms with van der Waals surface area (Å²) in [5.41, 5.74) is 1.02. The number of benzene rings is 1. The first-order chi connectivity index (χ1) is 9.83. The minimum Gasteiger partial charge on any atom is -0.353 e. The summed E-state index contributed by atoms with van der Waals surface area (Å²) in [5, 5.41) is 6.56. The average molecular weight is 333 g/mol. The molecule has 0 unspecified atom stereocenters. The van der Waals surface area contributed by atoms with Gasteiger partial charge in [-0.05, 0) is 49.9 Å². The van der Waals surface area contributed by atoms with Crippen LogP contribution in [0.25, 0.3) is 0 Å². The molecule has 0 saturated carbocycles. The van der Waals surface area contributed by atoms with Gasteiger partial charge >= 0.3 is 0 Å². The number of aryl methyl sites for hydroxylation is 1. The highest BCUT2D eigenvalue weighted by Gasteiger charge is 2.34. The lowest BCUT2D eigenvalue weighted by molar-refractivity contribution is -0.128. The van der Waals surface area contributed by atoms with Crippen molar-refractivity contribution in [1.29, 1.82) is 0 Å². The molecular formula is C15H19Cl2FN2O. The van der Waals surface area contributed by atoms with Crippen LogP contribution in [0.2, 0.25) is 5.02 Å². The number of rotatable bonds is 4. The van der Waals surface area contributed by atoms with E-state index in [9.17, 15) is 9.18 Å². The van der Waals surface area contributed by atoms with Crippen molar-refractivity contribution in [1.82, 2.24) is 10.6 Å². The minimum absolute atomic E-state index is 0.00556. The number of alkyl halides is 1. The highest BCUT2D eigenvalue weighted by atomic mass is 35.5. The van der Waals surface area contributed by atoms with E-state index in [-0.39, 0.29) is 23.6 Å². The predicted octanol–water partition coefficient (Wildman–Crippen LogP) is 3.02. The summed E-state index contributed by atoms with van der Waals surface area (Å²) in [6.45, 7) is 4.26. The molecule has 21 heavy (non-hydrogen) atoms. The molecule has 6 heteroatoms. The number of amides is 1. The molecule has 1 saturated heterocycles. The molecule has 0 spiro atoms. The van der Waals surface area contributed by atoms with Gasteiger partial charge in [-0.25, -0.2) is 4.39 Å². The quantitative estimate of drug-likeness (QED) is 0.832. The Hall–Kier alpha value is -0.840. The molecular weight excluding hydrogens is 314 g/mol. The lowest BCUT2D eigenvalue weighted by Gasteiger charge is -2.36. The Morgan fingerprint density at radius 2 is 2.14 bits per heavy atom. The van der Waals surface area contributed by atoms with Crippen molar-refractivity contribution in [3.63, 3.8) is 0 Å². The second-order valence-electron chi connectivity index (χ2n) is 5.87. The molecule has 1 aliphatic heterocycles. The summed E-state index contributed by atoms with van der Waals surface area (Å²) >= 11 is 11.9. The first kappa shape index (κ1) is 16.5. The van der Waals surface area contributed by atoms with Crippen LogP contribution in [-0.4, -0.2) is 24.0 Å². The van der Waals surface area contributed by atoms with Crippen LogP contribution < -0.4 is 10.6 Å². The Kier molecular flexibility index (Phi) is 5.12. The zero-order chi connectivity index (χ0) is 15.6. The van der Waals surface area contributed by atoms with Gasteiger partial charge in [0.2, 0.25) is 5.91 Å². The fourth-order valence-electron chi connectivity index (χ4n) is 2.60. The average Bonchev–Trinajstić information content (AvgIpc) is 2.39. The molecule has 1 heterocycles. The lowest BCUT2D eigenvalue weighted by atomic mass is 9.95. The minimum atomic E-state index is -0.586. The van der Waals surface area contributed by atoms with Crippen LogP contribution in [-0.2, 0) is 17.1 Å². The van der Waals surface area contributed by atoms with Gasteiger partial charge in [0.05, 0.1) is 5.54 Å². The standard InChI is InChI=1S/C15H19Cl2FN2O/c1-15(2)14(21)19-8-11(20-15)4-3-9-5-10(18)6-13(17)12(9)7-16/h5-6,11,20H,3-4,7-8H2,1-2H3,(H,19,21)/t11-/m0/s1. The van der Waals surface area contributed by atoms with Gasteiger partial charge in [-0.15, -0.1) is 11.6 Å². The summed E-state index contributed by atoms with van der Waals surface area (Å²) in [6, 6.07) is 2.91. The second-order valence-corrected chi connectivity index (χ2v) is 6.55. The molecule has 2 N–H and O–H groups in total. The monoisotopic (exact) mass is 332 g/mol. The maximum atomic E-state index is 13.5. The van der Waals surface area contributed by atoms with Crippen molar-refractivity contribution in [2.75, 3.05) is 6.54 Å². The van der Waals surface area contributed by atoms with Crippen LogP contribution >= 0.6 is 23.2 Å². The summed E-state index contributed by atoms with van der Waals surface area (Å²) in [4.78, 5) is 11.7. The van der Waals surface area contributed by atoms with E-state index in [0.29, 0.717) is 18.0 Å². The highest BCUT2D eigenvalue weighted by molar-refractivity contribution is 6.32. The normalized spacial score (nSPS) is 21.2. The summed E-state index contributed by atoms with van der Waals surface area (Å²) in [6.07, 6.45) is 1.43. The number of halogens is 3. The maximum absolute atomic E-state index is 13.5. The SMILES string of the molecule is CC1(C)N[C@@H](CCc2cc(F)cc(Cl)c2CCl)CNC1=O. The number of hydrogen-bond donors (Lipinski definition) is 2. The molecule has 1 aromatic rings. The van der Waals surface area contributed by atoms with E-state index in [0.717, 1.165) is 17.5 Å². The first-order valence-corrected chi connectivity index (χ1v) is 7.83. The molecule has 1 fully saturated rings. The largest absolute Gasteiger partial charge is 0.353 e. The van der Waals surface area contributed by atoms with E-state index in [1.165, 1.54) is 12.1 Å². The van der Waals surface area contributed by atoms with Gasteiger partial charge in [-0.2, -0.15) is 0 Å². The molecule has 2 rings (SSSR count). The van der Waals surface area contributed by atoms with Crippen molar-refractivity contribution in [2.45, 2.75) is 44.1 Å². The Balaban J connectivity index is 2.05. The molecule has 0 aliphatic carbocycles. The fourth-order valence-corrected chi connectivity index (χ4v) is 3.27. The van der Waals surface area contributed by atoms with Gasteiger partial charge in [0.1, 0.15) is 5.82 Å². The zero-order valence-corrected chi connectivity index (χ0v) is 13.6. The summed E-state index contributed by atoms with van der Waals surface area (Å²) in [7, 11) is 0. The topological polar surface area (TPSA) is 41.1 Å². The lowest BCUT2D eigenvalue weighted by Crippen LogP contribution is -2.64. The third-order valence-electron chi connectivity index (χ3n) is 3.79. The van der Waals surface area contributed by atoms with Crippen molar-refractivity contribution in [3.05, 3.63) is 34.1 Å². The van der Waals surface area contributed by atoms with Crippen LogP contribution in [0.1, 0.15) is 31.4 Å². The Morgan fingerprint density at radius 1 is 1.43 bits per heavy atom. The third kappa shape index (κ3) is 3.87. The van der Waals surface area contributed by atoms with Gasteiger partial charge < -0.3 is 5.32 Å². The predicted molar refractivity (Wildman–Crippen MR) is 83.3 cm³/mol. The van der Waals surface area contributed by atoms with Gasteiger partial charge in [0.15, 0.2) is 0 Å². The number of hydrogen-bond acceptors (Lipinski definition) is 2. The maximum Gasteiger partial charge on any atom is 0.239 e. The van der Waals surface area contributed by atoms with Crippen LogP contribution in [0.15, 0.2) is 12.1 Å². The van der Waals surface area contributed by atoms with Crippen molar-refractivity contribution in [2.24, 2.45) is 0 Å². The Bertz CT molecular complexity index is 549. The summed E-state index contributed by atoms with van der Waals surface area (Å²) < 4.78 is 13.5. The first-order valence-electron chi connectivity index (χ1n) is 6.92. The Morgan fingerprint density at radius 3 is 2.76 bits per heavy atom. The van der Waals surface area contributed by atoms with E-state index in [1.807, 2.05) is 13.8 Å². The van der Waals surface area contributed by atoms with Crippen LogP contribution in [0.3, 0.4) is 0 Å². The fraction of sp³-hybridized carbons (Fsp3) is 0.533. The number of carbonyl (C=O) groups excluding carboxylic acids is 1. The van der Waals surface area contributed by atoms with E-state index in [1.54, 1.807) is 0 Å². The van der Waals surface area contributed by atoms with Crippen molar-refractivity contribution in [3.8, 4) is 0 Å². The molecule has 1 amide bonds. The van der Waals surface area contributed by atoms with Crippen molar-refractivity contribution >= 4 is 29.1 Å². The number of nitrogens with one attached hydrogen (secondary N) is 2. The smallest absolute Gasteiger partial charge is 0.239 e. The van der Waals surface area contributed by atoms with E-state index < -0.39 is 5.54 Å².